The van der Waals surface area contributed by atoms with Crippen LogP contribution < -0.4 is 14.4 Å². The third-order valence-corrected chi connectivity index (χ3v) is 7.52. The van der Waals surface area contributed by atoms with Crippen molar-refractivity contribution in [2.45, 2.75) is 25.8 Å². The Morgan fingerprint density at radius 1 is 1.00 bits per heavy atom. The van der Waals surface area contributed by atoms with E-state index in [0.717, 1.165) is 65.7 Å². The predicted molar refractivity (Wildman–Crippen MR) is 123 cm³/mol. The van der Waals surface area contributed by atoms with Crippen molar-refractivity contribution in [1.82, 2.24) is 9.88 Å². The van der Waals surface area contributed by atoms with Gasteiger partial charge in [0.1, 0.15) is 11.5 Å². The highest BCUT2D eigenvalue weighted by molar-refractivity contribution is 7.22. The van der Waals surface area contributed by atoms with E-state index in [9.17, 15) is 4.79 Å². The zero-order valence-electron chi connectivity index (χ0n) is 18.0. The molecule has 31 heavy (non-hydrogen) atoms. The van der Waals surface area contributed by atoms with Crippen LogP contribution in [0.4, 0.5) is 5.13 Å². The topological polar surface area (TPSA) is 54.9 Å². The molecular weight excluding hydrogens is 410 g/mol. The van der Waals surface area contributed by atoms with Crippen LogP contribution in [0.3, 0.4) is 0 Å². The van der Waals surface area contributed by atoms with E-state index in [-0.39, 0.29) is 5.92 Å². The summed E-state index contributed by atoms with van der Waals surface area (Å²) in [6.45, 7) is 3.24. The number of benzene rings is 2. The number of methoxy groups -OCH3 is 2. The van der Waals surface area contributed by atoms with E-state index in [1.165, 1.54) is 11.1 Å². The average Bonchev–Trinajstić information content (AvgIpc) is 3.26. The summed E-state index contributed by atoms with van der Waals surface area (Å²) < 4.78 is 11.8. The molecule has 1 saturated heterocycles. The van der Waals surface area contributed by atoms with E-state index in [4.69, 9.17) is 14.5 Å². The number of aromatic nitrogens is 1. The van der Waals surface area contributed by atoms with Gasteiger partial charge in [-0.1, -0.05) is 17.4 Å². The number of nitrogens with zero attached hydrogens (tertiary/aromatic N) is 3. The van der Waals surface area contributed by atoms with Gasteiger partial charge in [0.15, 0.2) is 5.13 Å². The zero-order valence-corrected chi connectivity index (χ0v) is 18.8. The van der Waals surface area contributed by atoms with Gasteiger partial charge in [0.25, 0.3) is 0 Å². The maximum absolute atomic E-state index is 13.2. The highest BCUT2D eigenvalue weighted by Gasteiger charge is 2.31. The number of carbonyl (C=O) groups excluding carboxylic acids is 1. The number of thiazole rings is 1. The molecule has 2 aromatic carbocycles. The number of hydrogen-bond acceptors (Lipinski definition) is 6. The summed E-state index contributed by atoms with van der Waals surface area (Å²) in [6, 6.07) is 12.2. The molecule has 0 N–H and O–H groups in total. The minimum Gasteiger partial charge on any atom is -0.497 e. The minimum absolute atomic E-state index is 0.102. The van der Waals surface area contributed by atoms with Gasteiger partial charge in [-0.15, -0.1) is 0 Å². The normalized spacial score (nSPS) is 17.0. The second kappa shape index (κ2) is 8.38. The fourth-order valence-electron chi connectivity index (χ4n) is 4.58. The van der Waals surface area contributed by atoms with Crippen molar-refractivity contribution < 1.29 is 14.3 Å². The molecule has 3 heterocycles. The second-order valence-electron chi connectivity index (χ2n) is 8.24. The van der Waals surface area contributed by atoms with Crippen LogP contribution in [0.15, 0.2) is 36.4 Å². The van der Waals surface area contributed by atoms with E-state index in [0.29, 0.717) is 12.5 Å². The molecule has 6 nitrogen and oxygen atoms in total. The standard InChI is InChI=1S/C24H27N3O3S/c1-29-19-4-3-18-15-27(12-9-17(18)13-19)23(28)16-7-10-26(11-8-16)24-25-21-6-5-20(30-2)14-22(21)31-24/h3-6,13-14,16H,7-12,15H2,1-2H3. The molecule has 0 unspecified atom stereocenters. The lowest BCUT2D eigenvalue weighted by Gasteiger charge is -2.36. The SMILES string of the molecule is COc1ccc2c(c1)CCN(C(=O)C1CCN(c3nc4ccc(OC)cc4s3)CC1)C2. The first-order valence-electron chi connectivity index (χ1n) is 10.8. The molecular formula is C24H27N3O3S. The third-order valence-electron chi connectivity index (χ3n) is 6.44. The van der Waals surface area contributed by atoms with E-state index < -0.39 is 0 Å². The van der Waals surface area contributed by atoms with Gasteiger partial charge in [0, 0.05) is 32.1 Å². The van der Waals surface area contributed by atoms with Crippen molar-refractivity contribution in [2.75, 3.05) is 38.8 Å². The molecule has 1 aromatic heterocycles. The maximum atomic E-state index is 13.2. The Hall–Kier alpha value is -2.80. The van der Waals surface area contributed by atoms with Crippen LogP contribution in [0, 0.1) is 5.92 Å². The van der Waals surface area contributed by atoms with Crippen LogP contribution in [0.1, 0.15) is 24.0 Å². The Morgan fingerprint density at radius 3 is 2.52 bits per heavy atom. The molecule has 0 atom stereocenters. The molecule has 7 heteroatoms. The summed E-state index contributed by atoms with van der Waals surface area (Å²) in [5.74, 6) is 2.15. The van der Waals surface area contributed by atoms with E-state index >= 15 is 0 Å². The van der Waals surface area contributed by atoms with Crippen LogP contribution in [0.5, 0.6) is 11.5 Å². The van der Waals surface area contributed by atoms with Crippen LogP contribution >= 0.6 is 11.3 Å². The first kappa shape index (κ1) is 20.1. The van der Waals surface area contributed by atoms with E-state index in [1.54, 1.807) is 25.6 Å². The van der Waals surface area contributed by atoms with Crippen molar-refractivity contribution >= 4 is 32.6 Å². The molecule has 0 bridgehead atoms. The number of piperidine rings is 1. The molecule has 1 amide bonds. The quantitative estimate of drug-likeness (QED) is 0.615. The van der Waals surface area contributed by atoms with Crippen molar-refractivity contribution in [1.29, 1.82) is 0 Å². The van der Waals surface area contributed by atoms with Crippen LogP contribution in [0.25, 0.3) is 10.2 Å². The fourth-order valence-corrected chi connectivity index (χ4v) is 5.62. The molecule has 2 aliphatic heterocycles. The molecule has 0 saturated carbocycles. The summed E-state index contributed by atoms with van der Waals surface area (Å²) in [5, 5.41) is 1.04. The summed E-state index contributed by atoms with van der Waals surface area (Å²) >= 11 is 1.70. The average molecular weight is 438 g/mol. The summed E-state index contributed by atoms with van der Waals surface area (Å²) in [6.07, 6.45) is 2.65. The Bertz CT molecular complexity index is 1100. The Balaban J connectivity index is 1.22. The highest BCUT2D eigenvalue weighted by Crippen LogP contribution is 2.34. The Morgan fingerprint density at radius 2 is 1.74 bits per heavy atom. The van der Waals surface area contributed by atoms with Gasteiger partial charge < -0.3 is 19.3 Å². The number of anilines is 1. The van der Waals surface area contributed by atoms with Gasteiger partial charge >= 0.3 is 0 Å². The first-order chi connectivity index (χ1) is 15.1. The molecule has 0 radical (unpaired) electrons. The number of carbonyl (C=O) groups is 1. The molecule has 0 aliphatic carbocycles. The summed E-state index contributed by atoms with van der Waals surface area (Å²) in [5.41, 5.74) is 3.54. The lowest BCUT2D eigenvalue weighted by molar-refractivity contribution is -0.137. The van der Waals surface area contributed by atoms with Gasteiger partial charge in [-0.3, -0.25) is 4.79 Å². The van der Waals surface area contributed by atoms with Gasteiger partial charge in [-0.25, -0.2) is 4.98 Å². The van der Waals surface area contributed by atoms with Crippen molar-refractivity contribution in [2.24, 2.45) is 5.92 Å². The Kier molecular flexibility index (Phi) is 5.44. The largest absolute Gasteiger partial charge is 0.497 e. The maximum Gasteiger partial charge on any atom is 0.226 e. The van der Waals surface area contributed by atoms with Crippen molar-refractivity contribution in [3.63, 3.8) is 0 Å². The smallest absolute Gasteiger partial charge is 0.226 e. The van der Waals surface area contributed by atoms with Gasteiger partial charge in [-0.05, 0) is 60.7 Å². The number of ether oxygens (including phenoxy) is 2. The fraction of sp³-hybridized carbons (Fsp3) is 0.417. The first-order valence-corrected chi connectivity index (χ1v) is 11.6. The van der Waals surface area contributed by atoms with Crippen LogP contribution in [-0.2, 0) is 17.8 Å². The minimum atomic E-state index is 0.102. The van der Waals surface area contributed by atoms with Crippen LogP contribution in [0.2, 0.25) is 0 Å². The molecule has 5 rings (SSSR count). The highest BCUT2D eigenvalue weighted by atomic mass is 32.1. The number of fused-ring (bicyclic) bond motifs is 2. The van der Waals surface area contributed by atoms with E-state index in [2.05, 4.69) is 17.0 Å². The monoisotopic (exact) mass is 437 g/mol. The second-order valence-corrected chi connectivity index (χ2v) is 9.24. The summed E-state index contributed by atoms with van der Waals surface area (Å²) in [7, 11) is 3.38. The van der Waals surface area contributed by atoms with Gasteiger partial charge in [0.2, 0.25) is 5.91 Å². The molecule has 1 fully saturated rings. The van der Waals surface area contributed by atoms with Gasteiger partial charge in [0.05, 0.1) is 24.4 Å². The lowest BCUT2D eigenvalue weighted by Crippen LogP contribution is -2.44. The predicted octanol–water partition coefficient (Wildman–Crippen LogP) is 4.11. The number of rotatable bonds is 4. The lowest BCUT2D eigenvalue weighted by atomic mass is 9.93. The number of hydrogen-bond donors (Lipinski definition) is 0. The third kappa shape index (κ3) is 3.94. The number of amides is 1. The van der Waals surface area contributed by atoms with Crippen LogP contribution in [-0.4, -0.2) is 49.6 Å². The van der Waals surface area contributed by atoms with Crippen molar-refractivity contribution in [3.05, 3.63) is 47.5 Å². The molecule has 0 spiro atoms. The van der Waals surface area contributed by atoms with Crippen molar-refractivity contribution in [3.8, 4) is 11.5 Å². The molecule has 162 valence electrons. The molecule has 2 aliphatic rings. The zero-order chi connectivity index (χ0) is 21.4. The Labute approximate surface area is 186 Å². The summed E-state index contributed by atoms with van der Waals surface area (Å²) in [4.78, 5) is 22.3. The molecule has 3 aromatic rings. The van der Waals surface area contributed by atoms with Gasteiger partial charge in [-0.2, -0.15) is 0 Å². The van der Waals surface area contributed by atoms with E-state index in [1.807, 2.05) is 29.2 Å².